The van der Waals surface area contributed by atoms with Crippen LogP contribution in [0.3, 0.4) is 0 Å². The maximum Gasteiger partial charge on any atom is 0.416 e. The van der Waals surface area contributed by atoms with E-state index in [1.165, 1.54) is 0 Å². The number of urea groups is 1. The van der Waals surface area contributed by atoms with E-state index in [1.807, 2.05) is 31.2 Å². The molecule has 0 saturated heterocycles. The van der Waals surface area contributed by atoms with Crippen LogP contribution in [0, 0.1) is 0 Å². The third-order valence-corrected chi connectivity index (χ3v) is 4.69. The number of anilines is 1. The normalized spacial score (nSPS) is 12.4. The Morgan fingerprint density at radius 3 is 2.39 bits per heavy atom. The predicted octanol–water partition coefficient (Wildman–Crippen LogP) is 5.85. The summed E-state index contributed by atoms with van der Waals surface area (Å²) in [4.78, 5) is 14.2. The van der Waals surface area contributed by atoms with Crippen LogP contribution in [0.5, 0.6) is 5.75 Å². The Morgan fingerprint density at radius 1 is 1.21 bits per heavy atom. The molecule has 1 atom stereocenters. The number of amides is 2. The zero-order valence-corrected chi connectivity index (χ0v) is 16.6. The zero-order chi connectivity index (χ0) is 20.9. The van der Waals surface area contributed by atoms with Gasteiger partial charge in [-0.25, -0.2) is 4.79 Å². The molecule has 0 saturated carbocycles. The van der Waals surface area contributed by atoms with Gasteiger partial charge in [0.05, 0.1) is 23.4 Å². The topological polar surface area (TPSA) is 41.6 Å². The molecule has 2 aromatic carbocycles. The molecule has 0 fully saturated rings. The number of rotatable bonds is 6. The first kappa shape index (κ1) is 21.9. The number of alkyl halides is 3. The molecule has 2 rings (SSSR count). The van der Waals surface area contributed by atoms with Crippen LogP contribution in [-0.2, 0) is 12.6 Å². The number of nitrogens with zero attached hydrogens (tertiary/aromatic N) is 1. The quantitative estimate of drug-likeness (QED) is 0.644. The lowest BCUT2D eigenvalue weighted by molar-refractivity contribution is -0.137. The van der Waals surface area contributed by atoms with Gasteiger partial charge in [0.25, 0.3) is 0 Å². The van der Waals surface area contributed by atoms with Gasteiger partial charge >= 0.3 is 12.2 Å². The Balaban J connectivity index is 2.12. The summed E-state index contributed by atoms with van der Waals surface area (Å²) < 4.78 is 43.9. The zero-order valence-electron chi connectivity index (χ0n) is 15.8. The molecule has 28 heavy (non-hydrogen) atoms. The van der Waals surface area contributed by atoms with Crippen LogP contribution in [0.15, 0.2) is 42.5 Å². The average molecular weight is 415 g/mol. The summed E-state index contributed by atoms with van der Waals surface area (Å²) in [5, 5.41) is 2.54. The number of nitrogens with one attached hydrogen (secondary N) is 1. The minimum absolute atomic E-state index is 0.0419. The van der Waals surface area contributed by atoms with E-state index < -0.39 is 17.8 Å². The molecule has 0 aliphatic heterocycles. The molecule has 152 valence electrons. The molecular weight excluding hydrogens is 393 g/mol. The smallest absolute Gasteiger partial charge is 0.416 e. The maximum atomic E-state index is 12.9. The van der Waals surface area contributed by atoms with Gasteiger partial charge in [-0.1, -0.05) is 23.7 Å². The lowest BCUT2D eigenvalue weighted by Gasteiger charge is -2.28. The number of halogens is 4. The SMILES string of the molecule is CCN(C(=O)Nc1cc(C(F)(F)F)ccc1Cl)C(C)Cc1ccc(OC)cc1. The number of carbonyl (C=O) groups excluding carboxylic acids is 1. The first-order valence-corrected chi connectivity index (χ1v) is 9.10. The Bertz CT molecular complexity index is 810. The van der Waals surface area contributed by atoms with Crippen molar-refractivity contribution in [3.8, 4) is 5.75 Å². The lowest BCUT2D eigenvalue weighted by Crippen LogP contribution is -2.42. The van der Waals surface area contributed by atoms with Crippen molar-refractivity contribution in [1.82, 2.24) is 4.90 Å². The fourth-order valence-corrected chi connectivity index (χ4v) is 3.02. The minimum atomic E-state index is -4.52. The molecule has 0 bridgehead atoms. The van der Waals surface area contributed by atoms with E-state index in [4.69, 9.17) is 16.3 Å². The maximum absolute atomic E-state index is 12.9. The number of ether oxygens (including phenoxy) is 1. The van der Waals surface area contributed by atoms with Crippen molar-refractivity contribution >= 4 is 23.3 Å². The highest BCUT2D eigenvalue weighted by Crippen LogP contribution is 2.34. The van der Waals surface area contributed by atoms with E-state index in [0.29, 0.717) is 13.0 Å². The van der Waals surface area contributed by atoms with Crippen LogP contribution in [0.25, 0.3) is 0 Å². The van der Waals surface area contributed by atoms with Gasteiger partial charge < -0.3 is 15.0 Å². The van der Waals surface area contributed by atoms with Crippen LogP contribution < -0.4 is 10.1 Å². The Morgan fingerprint density at radius 2 is 1.86 bits per heavy atom. The summed E-state index contributed by atoms with van der Waals surface area (Å²) in [7, 11) is 1.58. The van der Waals surface area contributed by atoms with Gasteiger partial charge in [0.2, 0.25) is 0 Å². The number of hydrogen-bond acceptors (Lipinski definition) is 2. The van der Waals surface area contributed by atoms with Crippen molar-refractivity contribution in [3.63, 3.8) is 0 Å². The molecule has 0 heterocycles. The number of carbonyl (C=O) groups is 1. The molecule has 0 aliphatic rings. The van der Waals surface area contributed by atoms with Crippen LogP contribution in [0.4, 0.5) is 23.7 Å². The highest BCUT2D eigenvalue weighted by atomic mass is 35.5. The molecule has 4 nitrogen and oxygen atoms in total. The van der Waals surface area contributed by atoms with E-state index in [-0.39, 0.29) is 16.8 Å². The lowest BCUT2D eigenvalue weighted by atomic mass is 10.1. The second-order valence-electron chi connectivity index (χ2n) is 6.31. The number of hydrogen-bond donors (Lipinski definition) is 1. The highest BCUT2D eigenvalue weighted by molar-refractivity contribution is 6.33. The molecule has 0 radical (unpaired) electrons. The van der Waals surface area contributed by atoms with Gasteiger partial charge in [-0.3, -0.25) is 0 Å². The second-order valence-corrected chi connectivity index (χ2v) is 6.72. The third kappa shape index (κ3) is 5.55. The van der Waals surface area contributed by atoms with Crippen LogP contribution >= 0.6 is 11.6 Å². The largest absolute Gasteiger partial charge is 0.497 e. The van der Waals surface area contributed by atoms with E-state index in [0.717, 1.165) is 29.5 Å². The van der Waals surface area contributed by atoms with Crippen molar-refractivity contribution in [2.24, 2.45) is 0 Å². The van der Waals surface area contributed by atoms with Crippen molar-refractivity contribution in [1.29, 1.82) is 0 Å². The van der Waals surface area contributed by atoms with E-state index in [2.05, 4.69) is 5.32 Å². The van der Waals surface area contributed by atoms with Crippen LogP contribution in [-0.4, -0.2) is 30.6 Å². The molecule has 2 aromatic rings. The summed E-state index contributed by atoms with van der Waals surface area (Å²) >= 11 is 5.96. The third-order valence-electron chi connectivity index (χ3n) is 4.36. The molecule has 0 spiro atoms. The van der Waals surface area contributed by atoms with Gasteiger partial charge in [0, 0.05) is 12.6 Å². The Kier molecular flexibility index (Phi) is 7.18. The standard InChI is InChI=1S/C20H22ClF3N2O2/c1-4-26(13(2)11-14-5-8-16(28-3)9-6-14)19(27)25-18-12-15(20(22,23)24)7-10-17(18)21/h5-10,12-13H,4,11H2,1-3H3,(H,25,27). The van der Waals surface area contributed by atoms with Crippen molar-refractivity contribution in [3.05, 3.63) is 58.6 Å². The number of methoxy groups -OCH3 is 1. The molecule has 0 aliphatic carbocycles. The van der Waals surface area contributed by atoms with Gasteiger partial charge in [-0.15, -0.1) is 0 Å². The first-order chi connectivity index (χ1) is 13.2. The summed E-state index contributed by atoms with van der Waals surface area (Å²) in [6.45, 7) is 4.07. The van der Waals surface area contributed by atoms with Gasteiger partial charge in [0.15, 0.2) is 0 Å². The highest BCUT2D eigenvalue weighted by Gasteiger charge is 2.31. The molecule has 0 aromatic heterocycles. The monoisotopic (exact) mass is 414 g/mol. The summed E-state index contributed by atoms with van der Waals surface area (Å²) in [6, 6.07) is 9.63. The molecule has 1 unspecified atom stereocenters. The second kappa shape index (κ2) is 9.19. The average Bonchev–Trinajstić information content (AvgIpc) is 2.63. The first-order valence-electron chi connectivity index (χ1n) is 8.73. The minimum Gasteiger partial charge on any atom is -0.497 e. The molecule has 1 N–H and O–H groups in total. The Labute approximate surface area is 167 Å². The molecule has 2 amide bonds. The molecule has 8 heteroatoms. The van der Waals surface area contributed by atoms with Crippen molar-refractivity contribution < 1.29 is 22.7 Å². The van der Waals surface area contributed by atoms with E-state index >= 15 is 0 Å². The predicted molar refractivity (Wildman–Crippen MR) is 104 cm³/mol. The number of benzene rings is 2. The summed E-state index contributed by atoms with van der Waals surface area (Å²) in [6.07, 6.45) is -3.93. The van der Waals surface area contributed by atoms with E-state index in [1.54, 1.807) is 18.9 Å². The number of likely N-dealkylation sites (N-methyl/N-ethyl adjacent to an activating group) is 1. The Hall–Kier alpha value is -2.41. The van der Waals surface area contributed by atoms with Gasteiger partial charge in [-0.2, -0.15) is 13.2 Å². The summed E-state index contributed by atoms with van der Waals surface area (Å²) in [5.41, 5.74) is 0.0646. The summed E-state index contributed by atoms with van der Waals surface area (Å²) in [5.74, 6) is 0.737. The van der Waals surface area contributed by atoms with Crippen molar-refractivity contribution in [2.75, 3.05) is 19.0 Å². The molecular formula is C20H22ClF3N2O2. The van der Waals surface area contributed by atoms with Gasteiger partial charge in [0.1, 0.15) is 5.75 Å². The fraction of sp³-hybridized carbons (Fsp3) is 0.350. The van der Waals surface area contributed by atoms with Gasteiger partial charge in [-0.05, 0) is 56.2 Å². The van der Waals surface area contributed by atoms with Crippen molar-refractivity contribution in [2.45, 2.75) is 32.5 Å². The fourth-order valence-electron chi connectivity index (χ4n) is 2.85. The van der Waals surface area contributed by atoms with Crippen LogP contribution in [0.2, 0.25) is 5.02 Å². The van der Waals surface area contributed by atoms with Crippen LogP contribution in [0.1, 0.15) is 25.0 Å². The van der Waals surface area contributed by atoms with E-state index in [9.17, 15) is 18.0 Å².